The van der Waals surface area contributed by atoms with E-state index in [-0.39, 0.29) is 12.3 Å². The van der Waals surface area contributed by atoms with Crippen LogP contribution in [0.25, 0.3) is 0 Å². The maximum Gasteiger partial charge on any atom is 0.387 e. The maximum atomic E-state index is 12.5. The monoisotopic (exact) mass is 379 g/mol. The molecule has 136 valence electrons. The third-order valence-corrected chi connectivity index (χ3v) is 3.99. The van der Waals surface area contributed by atoms with Crippen LogP contribution in [0.4, 0.5) is 8.78 Å². The molecule has 0 saturated heterocycles. The van der Waals surface area contributed by atoms with Gasteiger partial charge in [-0.25, -0.2) is 4.99 Å². The highest BCUT2D eigenvalue weighted by Gasteiger charge is 2.10. The molecule has 0 saturated carbocycles. The number of thioether (sulfide) groups is 1. The van der Waals surface area contributed by atoms with Gasteiger partial charge in [-0.3, -0.25) is 0 Å². The fourth-order valence-electron chi connectivity index (χ4n) is 1.97. The van der Waals surface area contributed by atoms with Crippen LogP contribution in [0.3, 0.4) is 0 Å². The zero-order valence-corrected chi connectivity index (χ0v) is 15.5. The molecule has 0 amide bonds. The Kier molecular flexibility index (Phi) is 10.6. The summed E-state index contributed by atoms with van der Waals surface area (Å²) < 4.78 is 29.5. The SMILES string of the molecule is CCNC(=NCc1cc(Cl)ccc1OC(F)F)NCCCCSC. The number of halogens is 3. The van der Waals surface area contributed by atoms with Crippen LogP contribution in [-0.2, 0) is 6.54 Å². The topological polar surface area (TPSA) is 45.7 Å². The smallest absolute Gasteiger partial charge is 0.387 e. The van der Waals surface area contributed by atoms with Gasteiger partial charge in [0.2, 0.25) is 0 Å². The summed E-state index contributed by atoms with van der Waals surface area (Å²) in [5.41, 5.74) is 0.516. The van der Waals surface area contributed by atoms with Crippen molar-refractivity contribution in [3.63, 3.8) is 0 Å². The van der Waals surface area contributed by atoms with Crippen LogP contribution in [0.1, 0.15) is 25.3 Å². The van der Waals surface area contributed by atoms with Gasteiger partial charge >= 0.3 is 6.61 Å². The van der Waals surface area contributed by atoms with Crippen molar-refractivity contribution in [2.75, 3.05) is 25.1 Å². The van der Waals surface area contributed by atoms with Crippen molar-refractivity contribution < 1.29 is 13.5 Å². The van der Waals surface area contributed by atoms with Crippen molar-refractivity contribution >= 4 is 29.3 Å². The molecular formula is C16H24ClF2N3OS. The molecule has 2 N–H and O–H groups in total. The Morgan fingerprint density at radius 3 is 2.79 bits per heavy atom. The number of aliphatic imine (C=N–C) groups is 1. The standard InChI is InChI=1S/C16H24ClF2N3OS/c1-3-20-16(21-8-4-5-9-24-2)22-11-12-10-13(17)6-7-14(12)23-15(18)19/h6-7,10,15H,3-5,8-9,11H2,1-2H3,(H2,20,21,22). The first kappa shape index (κ1) is 20.8. The van der Waals surface area contributed by atoms with Gasteiger partial charge in [-0.2, -0.15) is 20.5 Å². The van der Waals surface area contributed by atoms with E-state index in [2.05, 4.69) is 26.6 Å². The van der Waals surface area contributed by atoms with Crippen molar-refractivity contribution in [3.8, 4) is 5.75 Å². The number of benzene rings is 1. The first-order chi connectivity index (χ1) is 11.6. The Balaban J connectivity index is 2.68. The first-order valence-electron chi connectivity index (χ1n) is 7.81. The average Bonchev–Trinajstić information content (AvgIpc) is 2.54. The third-order valence-electron chi connectivity index (χ3n) is 3.06. The van der Waals surface area contributed by atoms with E-state index in [0.717, 1.165) is 25.1 Å². The normalized spacial score (nSPS) is 11.7. The largest absolute Gasteiger partial charge is 0.434 e. The molecule has 8 heteroatoms. The lowest BCUT2D eigenvalue weighted by Gasteiger charge is -2.13. The number of nitrogens with zero attached hydrogens (tertiary/aromatic N) is 1. The number of ether oxygens (including phenoxy) is 1. The second-order valence-corrected chi connectivity index (χ2v) is 6.37. The van der Waals surface area contributed by atoms with Crippen molar-refractivity contribution in [2.24, 2.45) is 4.99 Å². The molecule has 4 nitrogen and oxygen atoms in total. The molecule has 1 aromatic carbocycles. The third kappa shape index (κ3) is 8.59. The van der Waals surface area contributed by atoms with Crippen LogP contribution in [0.15, 0.2) is 23.2 Å². The summed E-state index contributed by atoms with van der Waals surface area (Å²) in [6.45, 7) is 0.810. The molecule has 1 aromatic rings. The average molecular weight is 380 g/mol. The quantitative estimate of drug-likeness (QED) is 0.364. The molecule has 0 aliphatic rings. The predicted octanol–water partition coefficient (Wildman–Crippen LogP) is 4.14. The Hall–Kier alpha value is -1.21. The van der Waals surface area contributed by atoms with Crippen molar-refractivity contribution in [3.05, 3.63) is 28.8 Å². The van der Waals surface area contributed by atoms with E-state index in [1.807, 2.05) is 18.7 Å². The van der Waals surface area contributed by atoms with E-state index >= 15 is 0 Å². The van der Waals surface area contributed by atoms with Gasteiger partial charge in [0.25, 0.3) is 0 Å². The number of hydrogen-bond donors (Lipinski definition) is 2. The predicted molar refractivity (Wildman–Crippen MR) is 98.5 cm³/mol. The summed E-state index contributed by atoms with van der Waals surface area (Å²) in [4.78, 5) is 4.42. The number of nitrogens with one attached hydrogen (secondary N) is 2. The summed E-state index contributed by atoms with van der Waals surface area (Å²) >= 11 is 7.76. The Morgan fingerprint density at radius 1 is 1.33 bits per heavy atom. The van der Waals surface area contributed by atoms with E-state index in [1.165, 1.54) is 12.1 Å². The number of hydrogen-bond acceptors (Lipinski definition) is 3. The molecule has 0 aromatic heterocycles. The van der Waals surface area contributed by atoms with E-state index in [0.29, 0.717) is 23.1 Å². The summed E-state index contributed by atoms with van der Waals surface area (Å²) in [5, 5.41) is 6.82. The van der Waals surface area contributed by atoms with Gasteiger partial charge in [0, 0.05) is 23.7 Å². The fraction of sp³-hybridized carbons (Fsp3) is 0.562. The van der Waals surface area contributed by atoms with Gasteiger partial charge < -0.3 is 15.4 Å². The van der Waals surface area contributed by atoms with Crippen molar-refractivity contribution in [1.82, 2.24) is 10.6 Å². The zero-order chi connectivity index (χ0) is 17.8. The van der Waals surface area contributed by atoms with Crippen molar-refractivity contribution in [2.45, 2.75) is 32.9 Å². The maximum absolute atomic E-state index is 12.5. The summed E-state index contributed by atoms with van der Waals surface area (Å²) in [6.07, 6.45) is 4.26. The van der Waals surface area contributed by atoms with Crippen LogP contribution in [0, 0.1) is 0 Å². The van der Waals surface area contributed by atoms with Gasteiger partial charge in [-0.15, -0.1) is 0 Å². The van der Waals surface area contributed by atoms with Crippen molar-refractivity contribution in [1.29, 1.82) is 0 Å². The van der Waals surface area contributed by atoms with E-state index < -0.39 is 6.61 Å². The molecule has 24 heavy (non-hydrogen) atoms. The first-order valence-corrected chi connectivity index (χ1v) is 9.58. The summed E-state index contributed by atoms with van der Waals surface area (Å²) in [6, 6.07) is 4.54. The minimum absolute atomic E-state index is 0.0916. The van der Waals surface area contributed by atoms with E-state index in [4.69, 9.17) is 11.6 Å². The lowest BCUT2D eigenvalue weighted by molar-refractivity contribution is -0.0504. The summed E-state index contributed by atoms with van der Waals surface area (Å²) in [5.74, 6) is 1.87. The molecule has 0 unspecified atom stereocenters. The Bertz CT molecular complexity index is 518. The number of alkyl halides is 2. The lowest BCUT2D eigenvalue weighted by Crippen LogP contribution is -2.37. The molecule has 0 fully saturated rings. The second-order valence-electron chi connectivity index (χ2n) is 4.95. The highest BCUT2D eigenvalue weighted by Crippen LogP contribution is 2.25. The zero-order valence-electron chi connectivity index (χ0n) is 13.9. The molecule has 0 atom stereocenters. The molecule has 0 spiro atoms. The van der Waals surface area contributed by atoms with E-state index in [9.17, 15) is 8.78 Å². The molecule has 0 aliphatic carbocycles. The fourth-order valence-corrected chi connectivity index (χ4v) is 2.65. The number of guanidine groups is 1. The molecule has 0 aliphatic heterocycles. The van der Waals surface area contributed by atoms with Gasteiger partial charge in [0.05, 0.1) is 6.54 Å². The van der Waals surface area contributed by atoms with Crippen LogP contribution < -0.4 is 15.4 Å². The number of rotatable bonds is 10. The van der Waals surface area contributed by atoms with Crippen LogP contribution in [0.2, 0.25) is 5.02 Å². The van der Waals surface area contributed by atoms with Gasteiger partial charge in [0.15, 0.2) is 5.96 Å². The molecular weight excluding hydrogens is 356 g/mol. The lowest BCUT2D eigenvalue weighted by atomic mass is 10.2. The van der Waals surface area contributed by atoms with Gasteiger partial charge in [0.1, 0.15) is 5.75 Å². The van der Waals surface area contributed by atoms with Gasteiger partial charge in [-0.1, -0.05) is 11.6 Å². The minimum Gasteiger partial charge on any atom is -0.434 e. The van der Waals surface area contributed by atoms with E-state index in [1.54, 1.807) is 6.07 Å². The number of unbranched alkanes of at least 4 members (excludes halogenated alkanes) is 1. The highest BCUT2D eigenvalue weighted by molar-refractivity contribution is 7.98. The second kappa shape index (κ2) is 12.2. The molecule has 0 bridgehead atoms. The summed E-state index contributed by atoms with van der Waals surface area (Å²) in [7, 11) is 0. The van der Waals surface area contributed by atoms with Gasteiger partial charge in [-0.05, 0) is 50.0 Å². The highest BCUT2D eigenvalue weighted by atomic mass is 35.5. The molecule has 1 rings (SSSR count). The van der Waals surface area contributed by atoms with Crippen LogP contribution >= 0.6 is 23.4 Å². The van der Waals surface area contributed by atoms with Crippen LogP contribution in [-0.4, -0.2) is 37.7 Å². The molecule has 0 radical (unpaired) electrons. The minimum atomic E-state index is -2.88. The van der Waals surface area contributed by atoms with Crippen LogP contribution in [0.5, 0.6) is 5.75 Å². The Labute approximate surface area is 151 Å². The molecule has 0 heterocycles. The Morgan fingerprint density at radius 2 is 2.12 bits per heavy atom.